The Hall–Kier alpha value is -4.03. The molecule has 0 fully saturated rings. The number of nitrogens with zero attached hydrogens (tertiary/aromatic N) is 3. The normalized spacial score (nSPS) is 10.7. The van der Waals surface area contributed by atoms with Crippen molar-refractivity contribution in [3.63, 3.8) is 0 Å². The molecule has 0 atom stereocenters. The second-order valence-corrected chi connectivity index (χ2v) is 4.75. The smallest absolute Gasteiger partial charge is 0.342 e. The van der Waals surface area contributed by atoms with Crippen molar-refractivity contribution in [2.24, 2.45) is 5.10 Å². The third-order valence-electron chi connectivity index (χ3n) is 2.99. The van der Waals surface area contributed by atoms with E-state index in [0.717, 1.165) is 12.3 Å². The fourth-order valence-corrected chi connectivity index (χ4v) is 1.83. The van der Waals surface area contributed by atoms with Crippen LogP contribution in [-0.4, -0.2) is 39.3 Å². The van der Waals surface area contributed by atoms with E-state index < -0.39 is 39.9 Å². The van der Waals surface area contributed by atoms with Gasteiger partial charge in [-0.25, -0.2) is 15.3 Å². The number of hydrogen-bond acceptors (Lipinski definition) is 9. The Morgan fingerprint density at radius 2 is 2.19 bits per heavy atom. The van der Waals surface area contributed by atoms with Crippen LogP contribution in [0, 0.1) is 10.1 Å². The minimum Gasteiger partial charge on any atom is -0.865 e. The van der Waals surface area contributed by atoms with Crippen molar-refractivity contribution in [3.8, 4) is 11.5 Å². The van der Waals surface area contributed by atoms with Crippen LogP contribution in [0.25, 0.3) is 0 Å². The minimum absolute atomic E-state index is 0.133. The quantitative estimate of drug-likeness (QED) is 0.302. The van der Waals surface area contributed by atoms with E-state index in [4.69, 9.17) is 4.74 Å². The molecule has 1 aromatic carbocycles. The zero-order valence-corrected chi connectivity index (χ0v) is 13.1. The highest BCUT2D eigenvalue weighted by Gasteiger charge is 2.13. The van der Waals surface area contributed by atoms with E-state index >= 15 is 0 Å². The van der Waals surface area contributed by atoms with Gasteiger partial charge in [0, 0.05) is 17.4 Å². The summed E-state index contributed by atoms with van der Waals surface area (Å²) in [7, 11) is 1.18. The SMILES string of the molecule is COc1cc(C=NNC(=O)Cc2n[nH]c(=O)[nH]c2=O)cc([N+](=O)[O-])c1[O-]. The number of carbonyl (C=O) groups excluding carboxylic acids is 1. The number of nitro groups is 1. The second kappa shape index (κ2) is 7.69. The van der Waals surface area contributed by atoms with Gasteiger partial charge in [-0.1, -0.05) is 0 Å². The molecule has 1 amide bonds. The molecule has 1 aromatic heterocycles. The van der Waals surface area contributed by atoms with Crippen molar-refractivity contribution in [2.75, 3.05) is 7.11 Å². The minimum atomic E-state index is -0.887. The van der Waals surface area contributed by atoms with Gasteiger partial charge in [0.15, 0.2) is 0 Å². The first-order chi connectivity index (χ1) is 12.3. The summed E-state index contributed by atoms with van der Waals surface area (Å²) < 4.78 is 4.76. The number of H-pyrrole nitrogens is 2. The average Bonchev–Trinajstić information content (AvgIpc) is 2.58. The Kier molecular flexibility index (Phi) is 5.42. The lowest BCUT2D eigenvalue weighted by atomic mass is 10.2. The Morgan fingerprint density at radius 3 is 2.81 bits per heavy atom. The van der Waals surface area contributed by atoms with E-state index in [1.807, 2.05) is 10.1 Å². The molecule has 2 aromatic rings. The number of ether oxygens (including phenoxy) is 1. The van der Waals surface area contributed by atoms with Gasteiger partial charge in [0.2, 0.25) is 5.91 Å². The monoisotopic (exact) mass is 363 g/mol. The molecule has 26 heavy (non-hydrogen) atoms. The van der Waals surface area contributed by atoms with Crippen LogP contribution in [0.15, 0.2) is 26.8 Å². The van der Waals surface area contributed by atoms with Crippen LogP contribution in [-0.2, 0) is 11.2 Å². The molecular formula is C13H11N6O7-. The molecule has 0 radical (unpaired) electrons. The van der Waals surface area contributed by atoms with Gasteiger partial charge in [0.1, 0.15) is 11.4 Å². The van der Waals surface area contributed by atoms with Crippen molar-refractivity contribution in [3.05, 3.63) is 54.3 Å². The number of amides is 1. The number of rotatable bonds is 6. The number of nitro benzene ring substituents is 1. The molecule has 0 aliphatic heterocycles. The Morgan fingerprint density at radius 1 is 1.46 bits per heavy atom. The number of hydrazone groups is 1. The highest BCUT2D eigenvalue weighted by atomic mass is 16.6. The van der Waals surface area contributed by atoms with Crippen molar-refractivity contribution in [2.45, 2.75) is 6.42 Å². The summed E-state index contributed by atoms with van der Waals surface area (Å²) in [6.45, 7) is 0. The molecule has 0 unspecified atom stereocenters. The van der Waals surface area contributed by atoms with Crippen molar-refractivity contribution < 1.29 is 19.6 Å². The summed E-state index contributed by atoms with van der Waals surface area (Å²) in [5.74, 6) is -1.87. The Labute approximate surface area is 143 Å². The standard InChI is InChI=1S/C13H12N6O7/c1-26-9-3-6(2-8(11(9)21)19(24)25)5-14-17-10(20)4-7-12(22)15-13(23)18-16-7/h2-3,5,21H,4H2,1H3,(H,17,20)(H2,15,18,22,23)/p-1. The number of benzene rings is 1. The summed E-state index contributed by atoms with van der Waals surface area (Å²) in [5, 5.41) is 31.5. The van der Waals surface area contributed by atoms with Gasteiger partial charge in [-0.3, -0.25) is 24.7 Å². The van der Waals surface area contributed by atoms with Crippen molar-refractivity contribution in [1.29, 1.82) is 0 Å². The average molecular weight is 363 g/mol. The van der Waals surface area contributed by atoms with Gasteiger partial charge in [0.05, 0.1) is 24.7 Å². The molecular weight excluding hydrogens is 352 g/mol. The summed E-state index contributed by atoms with van der Waals surface area (Å²) in [5.41, 5.74) is -0.357. The van der Waals surface area contributed by atoms with Crippen LogP contribution >= 0.6 is 0 Å². The molecule has 0 saturated heterocycles. The predicted octanol–water partition coefficient (Wildman–Crippen LogP) is -1.86. The van der Waals surface area contributed by atoms with Gasteiger partial charge in [-0.15, -0.1) is 0 Å². The number of aromatic amines is 2. The van der Waals surface area contributed by atoms with E-state index in [-0.39, 0.29) is 17.0 Å². The number of carbonyl (C=O) groups is 1. The molecule has 2 rings (SSSR count). The summed E-state index contributed by atoms with van der Waals surface area (Å²) in [6.07, 6.45) is 0.587. The maximum absolute atomic E-state index is 11.7. The first-order valence-electron chi connectivity index (χ1n) is 6.85. The summed E-state index contributed by atoms with van der Waals surface area (Å²) in [4.78, 5) is 45.8. The van der Waals surface area contributed by atoms with E-state index in [1.165, 1.54) is 13.2 Å². The molecule has 13 heteroatoms. The molecule has 0 aliphatic carbocycles. The summed E-state index contributed by atoms with van der Waals surface area (Å²) in [6, 6.07) is 2.17. The molecule has 0 saturated carbocycles. The first kappa shape index (κ1) is 18.3. The molecule has 1 heterocycles. The number of nitrogens with one attached hydrogen (secondary N) is 3. The second-order valence-electron chi connectivity index (χ2n) is 4.75. The lowest BCUT2D eigenvalue weighted by molar-refractivity contribution is -0.398. The molecule has 3 N–H and O–H groups in total. The molecule has 136 valence electrons. The predicted molar refractivity (Wildman–Crippen MR) is 84.0 cm³/mol. The fraction of sp³-hybridized carbons (Fsp3) is 0.154. The number of hydrogen-bond donors (Lipinski definition) is 3. The third-order valence-corrected chi connectivity index (χ3v) is 2.99. The maximum Gasteiger partial charge on any atom is 0.342 e. The van der Waals surface area contributed by atoms with Gasteiger partial charge in [0.25, 0.3) is 11.2 Å². The van der Waals surface area contributed by atoms with E-state index in [2.05, 4.69) is 15.6 Å². The first-order valence-corrected chi connectivity index (χ1v) is 6.85. The zero-order valence-electron chi connectivity index (χ0n) is 13.1. The van der Waals surface area contributed by atoms with Crippen LogP contribution < -0.4 is 26.5 Å². The largest absolute Gasteiger partial charge is 0.865 e. The molecule has 0 aliphatic rings. The van der Waals surface area contributed by atoms with Gasteiger partial charge in [-0.2, -0.15) is 10.2 Å². The molecule has 0 bridgehead atoms. The van der Waals surface area contributed by atoms with Crippen LogP contribution in [0.1, 0.15) is 11.3 Å². The number of methoxy groups -OCH3 is 1. The third kappa shape index (κ3) is 4.28. The van der Waals surface area contributed by atoms with Gasteiger partial charge < -0.3 is 9.84 Å². The highest BCUT2D eigenvalue weighted by Crippen LogP contribution is 2.33. The fourth-order valence-electron chi connectivity index (χ4n) is 1.83. The van der Waals surface area contributed by atoms with Crippen LogP contribution in [0.2, 0.25) is 0 Å². The lowest BCUT2D eigenvalue weighted by Crippen LogP contribution is -2.31. The van der Waals surface area contributed by atoms with Gasteiger partial charge in [-0.05, 0) is 6.07 Å². The lowest BCUT2D eigenvalue weighted by Gasteiger charge is -2.12. The van der Waals surface area contributed by atoms with Crippen LogP contribution in [0.3, 0.4) is 0 Å². The van der Waals surface area contributed by atoms with Crippen molar-refractivity contribution >= 4 is 17.8 Å². The zero-order chi connectivity index (χ0) is 19.3. The molecule has 13 nitrogen and oxygen atoms in total. The van der Waals surface area contributed by atoms with E-state index in [9.17, 15) is 29.6 Å². The van der Waals surface area contributed by atoms with Crippen molar-refractivity contribution in [1.82, 2.24) is 20.6 Å². The highest BCUT2D eigenvalue weighted by molar-refractivity contribution is 5.85. The van der Waals surface area contributed by atoms with E-state index in [0.29, 0.717) is 0 Å². The van der Waals surface area contributed by atoms with E-state index in [1.54, 1.807) is 0 Å². The maximum atomic E-state index is 11.7. The summed E-state index contributed by atoms with van der Waals surface area (Å²) >= 11 is 0. The topological polar surface area (TPSA) is 195 Å². The Balaban J connectivity index is 2.11. The molecule has 0 spiro atoms. The van der Waals surface area contributed by atoms with Gasteiger partial charge >= 0.3 is 5.69 Å². The van der Waals surface area contributed by atoms with Crippen LogP contribution in [0.5, 0.6) is 11.5 Å². The Bertz CT molecular complexity index is 993. The van der Waals surface area contributed by atoms with Crippen LogP contribution in [0.4, 0.5) is 5.69 Å². The number of aromatic nitrogens is 3.